The number of aliphatic hydroxyl groups is 1. The molecule has 0 bridgehead atoms. The summed E-state index contributed by atoms with van der Waals surface area (Å²) in [6.45, 7) is 1.41. The predicted octanol–water partition coefficient (Wildman–Crippen LogP) is 3.50. The van der Waals surface area contributed by atoms with Crippen LogP contribution in [0.15, 0.2) is 48.5 Å². The van der Waals surface area contributed by atoms with E-state index in [0.29, 0.717) is 24.3 Å². The Bertz CT molecular complexity index is 901. The fraction of sp³-hybridized carbons (Fsp3) is 0.391. The monoisotopic (exact) mass is 410 g/mol. The lowest BCUT2D eigenvalue weighted by molar-refractivity contribution is -0.115. The normalized spacial score (nSPS) is 21.3. The Balaban J connectivity index is 1.47. The van der Waals surface area contributed by atoms with Gasteiger partial charge in [-0.1, -0.05) is 30.3 Å². The van der Waals surface area contributed by atoms with Crippen LogP contribution in [0.4, 0.5) is 5.69 Å². The van der Waals surface area contributed by atoms with Gasteiger partial charge in [0.2, 0.25) is 5.91 Å². The first-order chi connectivity index (χ1) is 14.2. The van der Waals surface area contributed by atoms with Gasteiger partial charge in [0.05, 0.1) is 0 Å². The lowest BCUT2D eigenvalue weighted by Crippen LogP contribution is -2.40. The first kappa shape index (κ1) is 20.0. The van der Waals surface area contributed by atoms with Crippen LogP contribution < -0.4 is 5.32 Å². The first-order valence-electron chi connectivity index (χ1n) is 10.2. The van der Waals surface area contributed by atoms with Gasteiger partial charge in [-0.3, -0.25) is 9.59 Å². The molecule has 0 saturated carbocycles. The Morgan fingerprint density at radius 3 is 2.90 bits per heavy atom. The average molecular weight is 411 g/mol. The molecule has 0 aliphatic carbocycles. The number of aryl methyl sites for hydroxylation is 1. The third kappa shape index (κ3) is 4.49. The number of fused-ring (bicyclic) bond motifs is 1. The van der Waals surface area contributed by atoms with Gasteiger partial charge in [-0.15, -0.1) is 11.8 Å². The molecule has 5 nitrogen and oxygen atoms in total. The molecule has 2 aromatic carbocycles. The van der Waals surface area contributed by atoms with Gasteiger partial charge in [-0.2, -0.15) is 0 Å². The van der Waals surface area contributed by atoms with Gasteiger partial charge < -0.3 is 15.3 Å². The SMILES string of the molecule is O=C(Nc1cccc(C(=O)N2CCC[C@@H](CO)C2)c1)[C@H]1SCCc2ccccc21. The first-order valence-corrected chi connectivity index (χ1v) is 11.2. The van der Waals surface area contributed by atoms with E-state index < -0.39 is 0 Å². The van der Waals surface area contributed by atoms with Crippen molar-refractivity contribution in [2.45, 2.75) is 24.5 Å². The van der Waals surface area contributed by atoms with Crippen LogP contribution in [-0.4, -0.2) is 47.3 Å². The molecule has 2 aliphatic rings. The molecule has 2 N–H and O–H groups in total. The zero-order chi connectivity index (χ0) is 20.2. The van der Waals surface area contributed by atoms with E-state index in [1.807, 2.05) is 24.3 Å². The predicted molar refractivity (Wildman–Crippen MR) is 116 cm³/mol. The number of hydrogen-bond donors (Lipinski definition) is 2. The number of aliphatic hydroxyl groups excluding tert-OH is 1. The fourth-order valence-corrected chi connectivity index (χ4v) is 5.32. The maximum Gasteiger partial charge on any atom is 0.253 e. The van der Waals surface area contributed by atoms with Crippen LogP contribution in [0.25, 0.3) is 0 Å². The number of thioether (sulfide) groups is 1. The fourth-order valence-electron chi connectivity index (χ4n) is 4.13. The quantitative estimate of drug-likeness (QED) is 0.809. The maximum absolute atomic E-state index is 12.9. The van der Waals surface area contributed by atoms with Crippen molar-refractivity contribution < 1.29 is 14.7 Å². The van der Waals surface area contributed by atoms with Gasteiger partial charge in [-0.25, -0.2) is 0 Å². The molecular formula is C23H26N2O3S. The van der Waals surface area contributed by atoms with E-state index in [1.165, 1.54) is 5.56 Å². The Morgan fingerprint density at radius 2 is 2.03 bits per heavy atom. The van der Waals surface area contributed by atoms with E-state index in [2.05, 4.69) is 11.4 Å². The van der Waals surface area contributed by atoms with Crippen LogP contribution >= 0.6 is 11.8 Å². The third-order valence-electron chi connectivity index (χ3n) is 5.67. The smallest absolute Gasteiger partial charge is 0.253 e. The second-order valence-electron chi connectivity index (χ2n) is 7.71. The molecule has 0 radical (unpaired) electrons. The Morgan fingerprint density at radius 1 is 1.17 bits per heavy atom. The minimum absolute atomic E-state index is 0.0448. The van der Waals surface area contributed by atoms with Crippen LogP contribution in [-0.2, 0) is 11.2 Å². The Labute approximate surface area is 175 Å². The molecule has 1 saturated heterocycles. The molecule has 2 atom stereocenters. The second kappa shape index (κ2) is 9.01. The Hall–Kier alpha value is -2.31. The highest BCUT2D eigenvalue weighted by molar-refractivity contribution is 8.00. The van der Waals surface area contributed by atoms with Gasteiger partial charge in [0, 0.05) is 30.9 Å². The number of piperidine rings is 1. The van der Waals surface area contributed by atoms with Gasteiger partial charge >= 0.3 is 0 Å². The molecule has 0 spiro atoms. The number of anilines is 1. The van der Waals surface area contributed by atoms with E-state index in [-0.39, 0.29) is 29.6 Å². The van der Waals surface area contributed by atoms with Crippen LogP contribution in [0.5, 0.6) is 0 Å². The van der Waals surface area contributed by atoms with E-state index in [1.54, 1.807) is 34.9 Å². The lowest BCUT2D eigenvalue weighted by Gasteiger charge is -2.32. The summed E-state index contributed by atoms with van der Waals surface area (Å²) in [6.07, 6.45) is 2.85. The molecule has 152 valence electrons. The van der Waals surface area contributed by atoms with Crippen molar-refractivity contribution in [1.29, 1.82) is 0 Å². The average Bonchev–Trinajstić information content (AvgIpc) is 2.78. The van der Waals surface area contributed by atoms with Crippen LogP contribution in [0, 0.1) is 5.92 Å². The van der Waals surface area contributed by atoms with Crippen molar-refractivity contribution in [2.75, 3.05) is 30.8 Å². The number of rotatable bonds is 4. The minimum atomic E-state index is -0.230. The van der Waals surface area contributed by atoms with Crippen LogP contribution in [0.2, 0.25) is 0 Å². The highest BCUT2D eigenvalue weighted by atomic mass is 32.2. The second-order valence-corrected chi connectivity index (χ2v) is 8.92. The third-order valence-corrected chi connectivity index (χ3v) is 6.91. The van der Waals surface area contributed by atoms with Gasteiger partial charge in [0.15, 0.2) is 0 Å². The van der Waals surface area contributed by atoms with Crippen molar-refractivity contribution in [3.8, 4) is 0 Å². The molecule has 29 heavy (non-hydrogen) atoms. The summed E-state index contributed by atoms with van der Waals surface area (Å²) in [4.78, 5) is 27.6. The summed E-state index contributed by atoms with van der Waals surface area (Å²) in [5, 5.41) is 12.2. The van der Waals surface area contributed by atoms with Gasteiger partial charge in [-0.05, 0) is 60.3 Å². The van der Waals surface area contributed by atoms with Crippen molar-refractivity contribution in [3.05, 3.63) is 65.2 Å². The number of carbonyl (C=O) groups is 2. The van der Waals surface area contributed by atoms with Crippen molar-refractivity contribution >= 4 is 29.3 Å². The molecule has 0 unspecified atom stereocenters. The largest absolute Gasteiger partial charge is 0.396 e. The number of carbonyl (C=O) groups excluding carboxylic acids is 2. The zero-order valence-corrected chi connectivity index (χ0v) is 17.2. The molecule has 1 fully saturated rings. The van der Waals surface area contributed by atoms with E-state index in [9.17, 15) is 14.7 Å². The number of nitrogens with one attached hydrogen (secondary N) is 1. The topological polar surface area (TPSA) is 69.6 Å². The van der Waals surface area contributed by atoms with Crippen molar-refractivity contribution in [2.24, 2.45) is 5.92 Å². The van der Waals surface area contributed by atoms with Crippen LogP contribution in [0.1, 0.15) is 39.6 Å². The molecule has 6 heteroatoms. The number of likely N-dealkylation sites (tertiary alicyclic amines) is 1. The maximum atomic E-state index is 12.9. The van der Waals surface area contributed by atoms with Crippen LogP contribution in [0.3, 0.4) is 0 Å². The minimum Gasteiger partial charge on any atom is -0.396 e. The summed E-state index contributed by atoms with van der Waals surface area (Å²) in [5.74, 6) is 0.981. The van der Waals surface area contributed by atoms with Crippen molar-refractivity contribution in [1.82, 2.24) is 4.90 Å². The highest BCUT2D eigenvalue weighted by Crippen LogP contribution is 2.37. The number of nitrogens with zero attached hydrogens (tertiary/aromatic N) is 1. The molecule has 2 amide bonds. The number of hydrogen-bond acceptors (Lipinski definition) is 4. The molecule has 2 aromatic rings. The van der Waals surface area contributed by atoms with Crippen molar-refractivity contribution in [3.63, 3.8) is 0 Å². The summed E-state index contributed by atoms with van der Waals surface area (Å²) >= 11 is 1.66. The van der Waals surface area contributed by atoms with Gasteiger partial charge in [0.1, 0.15) is 5.25 Å². The van der Waals surface area contributed by atoms with Gasteiger partial charge in [0.25, 0.3) is 5.91 Å². The lowest BCUT2D eigenvalue weighted by atomic mass is 9.98. The highest BCUT2D eigenvalue weighted by Gasteiger charge is 2.27. The summed E-state index contributed by atoms with van der Waals surface area (Å²) in [7, 11) is 0. The summed E-state index contributed by atoms with van der Waals surface area (Å²) in [5.41, 5.74) is 3.52. The van der Waals surface area contributed by atoms with E-state index >= 15 is 0 Å². The molecule has 2 heterocycles. The van der Waals surface area contributed by atoms with E-state index in [0.717, 1.165) is 30.6 Å². The van der Waals surface area contributed by atoms with E-state index in [4.69, 9.17) is 0 Å². The molecule has 4 rings (SSSR count). The molecular weight excluding hydrogens is 384 g/mol. The summed E-state index contributed by atoms with van der Waals surface area (Å²) in [6, 6.07) is 15.3. The number of benzene rings is 2. The molecule has 2 aliphatic heterocycles. The zero-order valence-electron chi connectivity index (χ0n) is 16.3. The standard InChI is InChI=1S/C23H26N2O3S/c26-15-16-5-4-11-25(14-16)23(28)18-7-3-8-19(13-18)24-22(27)21-20-9-2-1-6-17(20)10-12-29-21/h1-3,6-9,13,16,21,26H,4-5,10-12,14-15H2,(H,24,27)/t16-,21+/m1/s1. The summed E-state index contributed by atoms with van der Waals surface area (Å²) < 4.78 is 0. The molecule has 0 aromatic heterocycles. The number of amides is 2. The Kier molecular flexibility index (Phi) is 6.21.